The summed E-state index contributed by atoms with van der Waals surface area (Å²) in [7, 11) is 3.07. The summed E-state index contributed by atoms with van der Waals surface area (Å²) in [4.78, 5) is 29.0. The Bertz CT molecular complexity index is 884. The van der Waals surface area contributed by atoms with Gasteiger partial charge < -0.3 is 14.8 Å². The molecule has 0 aliphatic rings. The van der Waals surface area contributed by atoms with E-state index in [-0.39, 0.29) is 5.91 Å². The Morgan fingerprint density at radius 1 is 1.11 bits per heavy atom. The summed E-state index contributed by atoms with van der Waals surface area (Å²) in [6, 6.07) is 8.63. The van der Waals surface area contributed by atoms with E-state index in [1.54, 1.807) is 42.7 Å². The third kappa shape index (κ3) is 5.14. The molecule has 3 rings (SSSR count). The van der Waals surface area contributed by atoms with Crippen LogP contribution in [-0.4, -0.2) is 40.1 Å². The monoisotopic (exact) mass is 383 g/mol. The lowest BCUT2D eigenvalue weighted by atomic mass is 10.2. The minimum absolute atomic E-state index is 0.243. The van der Waals surface area contributed by atoms with Crippen molar-refractivity contribution >= 4 is 23.4 Å². The fraction of sp³-hybridized carbons (Fsp3) is 0.167. The highest BCUT2D eigenvalue weighted by atomic mass is 32.2. The van der Waals surface area contributed by atoms with Gasteiger partial charge in [0.15, 0.2) is 0 Å². The minimum atomic E-state index is -0.243. The number of amides is 1. The smallest absolute Gasteiger partial charge is 0.257 e. The van der Waals surface area contributed by atoms with Crippen molar-refractivity contribution in [3.05, 3.63) is 60.3 Å². The zero-order valence-electron chi connectivity index (χ0n) is 14.7. The van der Waals surface area contributed by atoms with Gasteiger partial charge in [0, 0.05) is 12.4 Å². The summed E-state index contributed by atoms with van der Waals surface area (Å²) in [6.45, 7) is 0. The average molecular weight is 383 g/mol. The Morgan fingerprint density at radius 3 is 2.48 bits per heavy atom. The van der Waals surface area contributed by atoms with Crippen molar-refractivity contribution in [2.75, 3.05) is 19.5 Å². The number of nitrogens with one attached hydrogen (secondary N) is 1. The van der Waals surface area contributed by atoms with Gasteiger partial charge in [0.1, 0.15) is 5.82 Å². The third-order valence-electron chi connectivity index (χ3n) is 3.41. The number of hydrogen-bond acceptors (Lipinski definition) is 8. The summed E-state index contributed by atoms with van der Waals surface area (Å²) in [5, 5.41) is 3.51. The van der Waals surface area contributed by atoms with Crippen molar-refractivity contribution in [1.82, 2.24) is 19.9 Å². The fourth-order valence-electron chi connectivity index (χ4n) is 2.10. The van der Waals surface area contributed by atoms with Gasteiger partial charge in [0.25, 0.3) is 5.91 Å². The van der Waals surface area contributed by atoms with Gasteiger partial charge in [-0.15, -0.1) is 0 Å². The van der Waals surface area contributed by atoms with Crippen LogP contribution in [0, 0.1) is 0 Å². The Hall–Kier alpha value is -3.20. The van der Waals surface area contributed by atoms with E-state index in [0.29, 0.717) is 34.6 Å². The number of hydrogen-bond donors (Lipinski definition) is 1. The van der Waals surface area contributed by atoms with Crippen LogP contribution >= 0.6 is 11.8 Å². The quantitative estimate of drug-likeness (QED) is 0.622. The van der Waals surface area contributed by atoms with E-state index in [2.05, 4.69) is 25.3 Å². The Morgan fingerprint density at radius 2 is 1.89 bits per heavy atom. The van der Waals surface area contributed by atoms with E-state index < -0.39 is 0 Å². The van der Waals surface area contributed by atoms with E-state index in [0.717, 1.165) is 5.03 Å². The van der Waals surface area contributed by atoms with Crippen LogP contribution in [0.25, 0.3) is 0 Å². The molecule has 0 radical (unpaired) electrons. The molecule has 1 N–H and O–H groups in total. The first-order valence-corrected chi connectivity index (χ1v) is 8.92. The number of carbonyl (C=O) groups is 1. The number of aromatic nitrogens is 4. The largest absolute Gasteiger partial charge is 0.481 e. The number of pyridine rings is 2. The molecule has 138 valence electrons. The lowest BCUT2D eigenvalue weighted by Gasteiger charge is -2.07. The van der Waals surface area contributed by atoms with Crippen molar-refractivity contribution < 1.29 is 14.3 Å². The molecule has 0 spiro atoms. The van der Waals surface area contributed by atoms with Crippen LogP contribution in [0.3, 0.4) is 0 Å². The van der Waals surface area contributed by atoms with Crippen LogP contribution in [-0.2, 0) is 5.75 Å². The van der Waals surface area contributed by atoms with E-state index in [4.69, 9.17) is 9.47 Å². The molecule has 3 heterocycles. The minimum Gasteiger partial charge on any atom is -0.481 e. The molecule has 0 unspecified atom stereocenters. The number of thioether (sulfide) groups is 1. The molecule has 0 bridgehead atoms. The van der Waals surface area contributed by atoms with E-state index in [1.165, 1.54) is 32.2 Å². The Balaban J connectivity index is 1.62. The maximum Gasteiger partial charge on any atom is 0.257 e. The molecule has 3 aromatic heterocycles. The van der Waals surface area contributed by atoms with Crippen molar-refractivity contribution in [3.8, 4) is 11.8 Å². The molecular formula is C18H17N5O3S. The van der Waals surface area contributed by atoms with Crippen LogP contribution in [0.4, 0.5) is 5.69 Å². The second-order valence-electron chi connectivity index (χ2n) is 5.24. The maximum absolute atomic E-state index is 12.2. The van der Waals surface area contributed by atoms with Gasteiger partial charge in [0.05, 0.1) is 48.5 Å². The van der Waals surface area contributed by atoms with Gasteiger partial charge in [-0.2, -0.15) is 9.97 Å². The van der Waals surface area contributed by atoms with Crippen LogP contribution in [0.5, 0.6) is 11.8 Å². The number of nitrogens with zero attached hydrogens (tertiary/aromatic N) is 4. The molecule has 0 atom stereocenters. The van der Waals surface area contributed by atoms with Crippen LogP contribution in [0.2, 0.25) is 0 Å². The molecule has 0 saturated heterocycles. The molecule has 8 nitrogen and oxygen atoms in total. The molecule has 1 amide bonds. The molecule has 9 heteroatoms. The first kappa shape index (κ1) is 18.6. The Labute approximate surface area is 160 Å². The van der Waals surface area contributed by atoms with Gasteiger partial charge in [-0.1, -0.05) is 11.8 Å². The summed E-state index contributed by atoms with van der Waals surface area (Å²) < 4.78 is 10.3. The van der Waals surface area contributed by atoms with Gasteiger partial charge in [-0.25, -0.2) is 4.98 Å². The van der Waals surface area contributed by atoms with E-state index in [9.17, 15) is 4.79 Å². The van der Waals surface area contributed by atoms with Crippen molar-refractivity contribution in [2.45, 2.75) is 10.8 Å². The average Bonchev–Trinajstić information content (AvgIpc) is 2.73. The number of ether oxygens (including phenoxy) is 2. The second kappa shape index (κ2) is 8.95. The van der Waals surface area contributed by atoms with Gasteiger partial charge in [-0.05, 0) is 24.3 Å². The normalized spacial score (nSPS) is 10.3. The lowest BCUT2D eigenvalue weighted by molar-refractivity contribution is 0.102. The number of anilines is 1. The predicted octanol–water partition coefficient (Wildman–Crippen LogP) is 2.83. The predicted molar refractivity (Wildman–Crippen MR) is 101 cm³/mol. The van der Waals surface area contributed by atoms with Crippen molar-refractivity contribution in [2.24, 2.45) is 0 Å². The number of carbonyl (C=O) groups excluding carboxylic acids is 1. The molecule has 0 aromatic carbocycles. The summed E-state index contributed by atoms with van der Waals surface area (Å²) in [5.41, 5.74) is 1.09. The van der Waals surface area contributed by atoms with Crippen LogP contribution in [0.1, 0.15) is 16.2 Å². The summed E-state index contributed by atoms with van der Waals surface area (Å²) in [5.74, 6) is 1.69. The Kier molecular flexibility index (Phi) is 6.16. The van der Waals surface area contributed by atoms with E-state index in [1.807, 2.05) is 0 Å². The fourth-order valence-corrected chi connectivity index (χ4v) is 2.80. The van der Waals surface area contributed by atoms with Gasteiger partial charge in [-0.3, -0.25) is 9.78 Å². The molecule has 3 aromatic rings. The van der Waals surface area contributed by atoms with Crippen LogP contribution in [0.15, 0.2) is 53.9 Å². The summed E-state index contributed by atoms with van der Waals surface area (Å²) >= 11 is 1.45. The first-order valence-electron chi connectivity index (χ1n) is 7.94. The molecular weight excluding hydrogens is 366 g/mol. The highest BCUT2D eigenvalue weighted by molar-refractivity contribution is 7.98. The molecule has 0 fully saturated rings. The highest BCUT2D eigenvalue weighted by Crippen LogP contribution is 2.22. The topological polar surface area (TPSA) is 99.1 Å². The lowest BCUT2D eigenvalue weighted by Crippen LogP contribution is -2.12. The second-order valence-corrected chi connectivity index (χ2v) is 6.23. The third-order valence-corrected chi connectivity index (χ3v) is 4.35. The zero-order valence-corrected chi connectivity index (χ0v) is 15.6. The highest BCUT2D eigenvalue weighted by Gasteiger charge is 2.09. The van der Waals surface area contributed by atoms with Gasteiger partial charge >= 0.3 is 0 Å². The van der Waals surface area contributed by atoms with Gasteiger partial charge in [0.2, 0.25) is 11.8 Å². The first-order chi connectivity index (χ1) is 13.2. The molecule has 0 saturated carbocycles. The van der Waals surface area contributed by atoms with Crippen molar-refractivity contribution in [3.63, 3.8) is 0 Å². The van der Waals surface area contributed by atoms with Crippen LogP contribution < -0.4 is 14.8 Å². The molecule has 0 aliphatic heterocycles. The summed E-state index contributed by atoms with van der Waals surface area (Å²) in [6.07, 6.45) is 4.75. The molecule has 27 heavy (non-hydrogen) atoms. The maximum atomic E-state index is 12.2. The van der Waals surface area contributed by atoms with Crippen molar-refractivity contribution in [1.29, 1.82) is 0 Å². The number of rotatable bonds is 7. The number of methoxy groups -OCH3 is 2. The zero-order chi connectivity index (χ0) is 19.1. The van der Waals surface area contributed by atoms with E-state index >= 15 is 0 Å². The SMILES string of the molecule is COc1cc(OC)nc(CSc2ccc(C(=O)Nc3cccnc3)cn2)n1. The standard InChI is InChI=1S/C18H17N5O3S/c1-25-15-8-16(26-2)23-14(22-15)11-27-17-6-5-12(9-20-17)18(24)21-13-4-3-7-19-10-13/h3-10H,11H2,1-2H3,(H,21,24). The molecule has 0 aliphatic carbocycles.